The van der Waals surface area contributed by atoms with Gasteiger partial charge >= 0.3 is 0 Å². The van der Waals surface area contributed by atoms with Gasteiger partial charge in [0.05, 0.1) is 49.4 Å². The lowest BCUT2D eigenvalue weighted by Gasteiger charge is -2.27. The van der Waals surface area contributed by atoms with Crippen molar-refractivity contribution < 1.29 is 9.47 Å². The number of nitrogens with zero attached hydrogens (tertiary/aromatic N) is 4. The van der Waals surface area contributed by atoms with Gasteiger partial charge in [0, 0.05) is 54.4 Å². The molecular formula is C22H22N6O2. The van der Waals surface area contributed by atoms with Crippen LogP contribution < -0.4 is 20.1 Å². The Hall–Kier alpha value is -3.65. The van der Waals surface area contributed by atoms with Crippen molar-refractivity contribution in [2.24, 2.45) is 0 Å². The van der Waals surface area contributed by atoms with Gasteiger partial charge in [-0.25, -0.2) is 4.98 Å². The Morgan fingerprint density at radius 2 is 1.77 bits per heavy atom. The molecule has 8 nitrogen and oxygen atoms in total. The van der Waals surface area contributed by atoms with Gasteiger partial charge < -0.3 is 20.1 Å². The summed E-state index contributed by atoms with van der Waals surface area (Å²) in [7, 11) is 3.27. The second-order valence-corrected chi connectivity index (χ2v) is 7.21. The van der Waals surface area contributed by atoms with E-state index >= 15 is 0 Å². The number of anilines is 2. The number of methoxy groups -OCH3 is 2. The zero-order chi connectivity index (χ0) is 20.5. The molecule has 1 aliphatic rings. The molecule has 0 radical (unpaired) electrons. The van der Waals surface area contributed by atoms with E-state index in [1.54, 1.807) is 20.4 Å². The fourth-order valence-electron chi connectivity index (χ4n) is 3.41. The van der Waals surface area contributed by atoms with Gasteiger partial charge in [-0.2, -0.15) is 5.10 Å². The first-order valence-electron chi connectivity index (χ1n) is 9.74. The Bertz CT molecular complexity index is 1180. The fourth-order valence-corrected chi connectivity index (χ4v) is 3.41. The maximum absolute atomic E-state index is 5.35. The van der Waals surface area contributed by atoms with E-state index in [0.717, 1.165) is 58.3 Å². The third kappa shape index (κ3) is 3.53. The molecule has 2 N–H and O–H groups in total. The van der Waals surface area contributed by atoms with E-state index in [0.29, 0.717) is 6.04 Å². The van der Waals surface area contributed by atoms with E-state index in [1.807, 2.05) is 53.5 Å². The van der Waals surface area contributed by atoms with Crippen LogP contribution in [-0.2, 0) is 0 Å². The third-order valence-corrected chi connectivity index (χ3v) is 5.21. The van der Waals surface area contributed by atoms with Crippen LogP contribution in [0.3, 0.4) is 0 Å². The summed E-state index contributed by atoms with van der Waals surface area (Å²) in [6.45, 7) is 1.91. The summed E-state index contributed by atoms with van der Waals surface area (Å²) in [6.07, 6.45) is 5.67. The van der Waals surface area contributed by atoms with Crippen LogP contribution in [0.25, 0.3) is 22.3 Å². The molecule has 8 heteroatoms. The number of hydrogen-bond donors (Lipinski definition) is 2. The van der Waals surface area contributed by atoms with Crippen LogP contribution in [0.4, 0.5) is 11.4 Å². The molecular weight excluding hydrogens is 380 g/mol. The first kappa shape index (κ1) is 18.4. The molecule has 5 rings (SSSR count). The molecule has 2 aromatic carbocycles. The molecule has 3 heterocycles. The minimum atomic E-state index is 0.419. The minimum absolute atomic E-state index is 0.419. The van der Waals surface area contributed by atoms with E-state index in [2.05, 4.69) is 20.7 Å². The number of fused-ring (bicyclic) bond motifs is 1. The summed E-state index contributed by atoms with van der Waals surface area (Å²) >= 11 is 0. The number of hydrogen-bond acceptors (Lipinski definition) is 7. The molecule has 0 aliphatic carbocycles. The van der Waals surface area contributed by atoms with E-state index < -0.39 is 0 Å². The fraction of sp³-hybridized carbons (Fsp3) is 0.227. The highest BCUT2D eigenvalue weighted by atomic mass is 16.5. The predicted octanol–water partition coefficient (Wildman–Crippen LogP) is 3.40. The average Bonchev–Trinajstić information content (AvgIpc) is 3.21. The molecule has 152 valence electrons. The normalized spacial score (nSPS) is 13.8. The van der Waals surface area contributed by atoms with E-state index in [1.165, 1.54) is 0 Å². The summed E-state index contributed by atoms with van der Waals surface area (Å²) in [5.41, 5.74) is 5.19. The average molecular weight is 402 g/mol. The quantitative estimate of drug-likeness (QED) is 0.511. The van der Waals surface area contributed by atoms with Crippen LogP contribution in [0.1, 0.15) is 6.04 Å². The SMILES string of the molecule is COc1cc(Nc2ccc3ncc(-c4cnn(C5CNC5)c4)nc3c2)cc(OC)c1. The number of benzene rings is 2. The van der Waals surface area contributed by atoms with Crippen molar-refractivity contribution in [3.05, 3.63) is 55.0 Å². The maximum Gasteiger partial charge on any atom is 0.124 e. The molecule has 0 saturated carbocycles. The smallest absolute Gasteiger partial charge is 0.124 e. The Morgan fingerprint density at radius 1 is 0.967 bits per heavy atom. The molecule has 1 aliphatic heterocycles. The Morgan fingerprint density at radius 3 is 2.47 bits per heavy atom. The molecule has 0 amide bonds. The minimum Gasteiger partial charge on any atom is -0.497 e. The van der Waals surface area contributed by atoms with Crippen LogP contribution in [0.5, 0.6) is 11.5 Å². The highest BCUT2D eigenvalue weighted by molar-refractivity contribution is 5.82. The summed E-state index contributed by atoms with van der Waals surface area (Å²) in [5.74, 6) is 1.44. The largest absolute Gasteiger partial charge is 0.497 e. The van der Waals surface area contributed by atoms with Crippen molar-refractivity contribution >= 4 is 22.4 Å². The van der Waals surface area contributed by atoms with Gasteiger partial charge in [0.15, 0.2) is 0 Å². The number of rotatable bonds is 6. The van der Waals surface area contributed by atoms with Crippen LogP contribution in [0, 0.1) is 0 Å². The van der Waals surface area contributed by atoms with Crippen molar-refractivity contribution in [1.82, 2.24) is 25.1 Å². The number of ether oxygens (including phenoxy) is 2. The monoisotopic (exact) mass is 402 g/mol. The first-order valence-corrected chi connectivity index (χ1v) is 9.74. The molecule has 0 unspecified atom stereocenters. The van der Waals surface area contributed by atoms with Crippen molar-refractivity contribution in [3.8, 4) is 22.8 Å². The van der Waals surface area contributed by atoms with Crippen molar-refractivity contribution in [1.29, 1.82) is 0 Å². The Labute approximate surface area is 173 Å². The standard InChI is InChI=1S/C22H22N6O2/c1-29-18-5-16(6-19(8-18)30-2)26-15-3-4-20-21(7-15)27-22(12-24-20)14-9-25-28(13-14)17-10-23-11-17/h3-9,12-13,17,23,26H,10-11H2,1-2H3. The first-order chi connectivity index (χ1) is 14.7. The lowest BCUT2D eigenvalue weighted by atomic mass is 10.2. The van der Waals surface area contributed by atoms with Crippen LogP contribution in [0.2, 0.25) is 0 Å². The van der Waals surface area contributed by atoms with Gasteiger partial charge in [-0.05, 0) is 18.2 Å². The van der Waals surface area contributed by atoms with Crippen molar-refractivity contribution in [2.45, 2.75) is 6.04 Å². The molecule has 2 aromatic heterocycles. The lowest BCUT2D eigenvalue weighted by molar-refractivity contribution is 0.318. The van der Waals surface area contributed by atoms with E-state index in [4.69, 9.17) is 14.5 Å². The molecule has 4 aromatic rings. The van der Waals surface area contributed by atoms with Gasteiger partial charge in [-0.3, -0.25) is 9.67 Å². The summed E-state index contributed by atoms with van der Waals surface area (Å²) < 4.78 is 12.7. The van der Waals surface area contributed by atoms with Gasteiger partial charge in [-0.15, -0.1) is 0 Å². The van der Waals surface area contributed by atoms with Crippen molar-refractivity contribution in [3.63, 3.8) is 0 Å². The van der Waals surface area contributed by atoms with Gasteiger partial charge in [-0.1, -0.05) is 0 Å². The third-order valence-electron chi connectivity index (χ3n) is 5.21. The van der Waals surface area contributed by atoms with Crippen LogP contribution in [0.15, 0.2) is 55.0 Å². The number of aromatic nitrogens is 4. The Kier molecular flexibility index (Phi) is 4.68. The molecule has 1 saturated heterocycles. The summed E-state index contributed by atoms with van der Waals surface area (Å²) in [5, 5.41) is 11.1. The summed E-state index contributed by atoms with van der Waals surface area (Å²) in [4.78, 5) is 9.38. The van der Waals surface area contributed by atoms with Crippen LogP contribution >= 0.6 is 0 Å². The molecule has 30 heavy (non-hydrogen) atoms. The number of nitrogens with one attached hydrogen (secondary N) is 2. The summed E-state index contributed by atoms with van der Waals surface area (Å²) in [6, 6.07) is 12.0. The van der Waals surface area contributed by atoms with Crippen molar-refractivity contribution in [2.75, 3.05) is 32.6 Å². The second kappa shape index (κ2) is 7.64. The zero-order valence-corrected chi connectivity index (χ0v) is 16.8. The topological polar surface area (TPSA) is 86.1 Å². The van der Waals surface area contributed by atoms with Crippen LogP contribution in [-0.4, -0.2) is 47.1 Å². The molecule has 0 bridgehead atoms. The highest BCUT2D eigenvalue weighted by Gasteiger charge is 2.19. The Balaban J connectivity index is 1.44. The lowest BCUT2D eigenvalue weighted by Crippen LogP contribution is -2.43. The molecule has 0 spiro atoms. The van der Waals surface area contributed by atoms with Gasteiger partial charge in [0.2, 0.25) is 0 Å². The molecule has 1 fully saturated rings. The van der Waals surface area contributed by atoms with E-state index in [9.17, 15) is 0 Å². The van der Waals surface area contributed by atoms with Gasteiger partial charge in [0.25, 0.3) is 0 Å². The second-order valence-electron chi connectivity index (χ2n) is 7.21. The predicted molar refractivity (Wildman–Crippen MR) is 115 cm³/mol. The molecule has 0 atom stereocenters. The maximum atomic E-state index is 5.35. The van der Waals surface area contributed by atoms with E-state index in [-0.39, 0.29) is 0 Å². The highest BCUT2D eigenvalue weighted by Crippen LogP contribution is 2.29. The van der Waals surface area contributed by atoms with Gasteiger partial charge in [0.1, 0.15) is 11.5 Å². The zero-order valence-electron chi connectivity index (χ0n) is 16.8.